The largest absolute Gasteiger partial charge is 0.507 e. The number of phenolic OH excluding ortho intramolecular Hbond substituents is 1. The van der Waals surface area contributed by atoms with Gasteiger partial charge in [-0.15, -0.1) is 0 Å². The highest BCUT2D eigenvalue weighted by atomic mass is 16.4. The lowest BCUT2D eigenvalue weighted by Crippen LogP contribution is -2.38. The zero-order valence-corrected chi connectivity index (χ0v) is 14.2. The second kappa shape index (κ2) is 6.36. The Bertz CT molecular complexity index is 778. The van der Waals surface area contributed by atoms with E-state index in [2.05, 4.69) is 11.8 Å². The number of aryl methyl sites for hydroxylation is 2. The number of likely N-dealkylation sites (tertiary alicyclic amines) is 1. The molecule has 124 valence electrons. The van der Waals surface area contributed by atoms with Gasteiger partial charge in [0.05, 0.1) is 0 Å². The molecule has 0 aliphatic carbocycles. The number of aromatic hydroxyl groups is 1. The minimum atomic E-state index is -0.368. The lowest BCUT2D eigenvalue weighted by molar-refractivity contribution is 0.135. The molecule has 1 aromatic carbocycles. The quantitative estimate of drug-likeness (QED) is 0.873. The van der Waals surface area contributed by atoms with Gasteiger partial charge in [-0.25, -0.2) is 4.79 Å². The molecule has 0 spiro atoms. The summed E-state index contributed by atoms with van der Waals surface area (Å²) in [5.74, 6) is 0.256. The second-order valence-electron chi connectivity index (χ2n) is 6.66. The van der Waals surface area contributed by atoms with E-state index >= 15 is 0 Å². The average molecular weight is 315 g/mol. The highest BCUT2D eigenvalue weighted by molar-refractivity contribution is 5.85. The van der Waals surface area contributed by atoms with Crippen molar-refractivity contribution in [1.29, 1.82) is 0 Å². The van der Waals surface area contributed by atoms with Crippen LogP contribution in [0.3, 0.4) is 0 Å². The fourth-order valence-corrected chi connectivity index (χ4v) is 3.74. The molecule has 1 fully saturated rings. The number of rotatable bonds is 3. The molecule has 3 rings (SSSR count). The van der Waals surface area contributed by atoms with Gasteiger partial charge in [-0.05, 0) is 51.3 Å². The smallest absolute Gasteiger partial charge is 0.336 e. The van der Waals surface area contributed by atoms with Crippen molar-refractivity contribution >= 4 is 11.0 Å². The van der Waals surface area contributed by atoms with Crippen molar-refractivity contribution in [3.8, 4) is 5.75 Å². The zero-order chi connectivity index (χ0) is 16.6. The van der Waals surface area contributed by atoms with Crippen LogP contribution in [0.4, 0.5) is 0 Å². The predicted octanol–water partition coefficient (Wildman–Crippen LogP) is 3.88. The fraction of sp³-hybridized carbons (Fsp3) is 0.526. The average Bonchev–Trinajstić information content (AvgIpc) is 2.54. The minimum Gasteiger partial charge on any atom is -0.507 e. The number of benzene rings is 1. The molecule has 1 aromatic heterocycles. The van der Waals surface area contributed by atoms with Gasteiger partial charge in [0, 0.05) is 35.2 Å². The van der Waals surface area contributed by atoms with Crippen molar-refractivity contribution in [2.45, 2.75) is 59.0 Å². The summed E-state index contributed by atoms with van der Waals surface area (Å²) in [4.78, 5) is 14.1. The maximum Gasteiger partial charge on any atom is 0.336 e. The standard InChI is InChI=1S/C19H25NO3/c1-4-15-7-5-6-8-20(15)11-14-10-16-12(2)9-17(21)23-19(16)13(3)18(14)22/h9-10,15,22H,4-8,11H2,1-3H3/t15-/m1/s1. The molecular weight excluding hydrogens is 290 g/mol. The van der Waals surface area contributed by atoms with E-state index in [4.69, 9.17) is 4.42 Å². The monoisotopic (exact) mass is 315 g/mol. The first-order valence-electron chi connectivity index (χ1n) is 8.51. The van der Waals surface area contributed by atoms with E-state index in [-0.39, 0.29) is 11.4 Å². The molecule has 2 heterocycles. The molecular formula is C19H25NO3. The minimum absolute atomic E-state index is 0.256. The van der Waals surface area contributed by atoms with Gasteiger partial charge in [0.2, 0.25) is 0 Å². The van der Waals surface area contributed by atoms with Crippen LogP contribution in [0.2, 0.25) is 0 Å². The van der Waals surface area contributed by atoms with Gasteiger partial charge >= 0.3 is 5.63 Å². The first-order chi connectivity index (χ1) is 11.0. The Labute approximate surface area is 136 Å². The van der Waals surface area contributed by atoms with E-state index in [0.717, 1.165) is 36.0 Å². The van der Waals surface area contributed by atoms with E-state index in [0.29, 0.717) is 17.2 Å². The van der Waals surface area contributed by atoms with Crippen molar-refractivity contribution in [1.82, 2.24) is 4.90 Å². The molecule has 1 aliphatic rings. The third kappa shape index (κ3) is 3.00. The molecule has 0 saturated carbocycles. The lowest BCUT2D eigenvalue weighted by atomic mass is 9.97. The summed E-state index contributed by atoms with van der Waals surface area (Å²) in [6.45, 7) is 7.79. The topological polar surface area (TPSA) is 53.7 Å². The fourth-order valence-electron chi connectivity index (χ4n) is 3.74. The summed E-state index contributed by atoms with van der Waals surface area (Å²) in [7, 11) is 0. The Kier molecular flexibility index (Phi) is 4.44. The third-order valence-electron chi connectivity index (χ3n) is 5.12. The maximum absolute atomic E-state index is 11.6. The van der Waals surface area contributed by atoms with Crippen LogP contribution in [0.1, 0.15) is 49.3 Å². The molecule has 4 nitrogen and oxygen atoms in total. The molecule has 1 N–H and O–H groups in total. The summed E-state index contributed by atoms with van der Waals surface area (Å²) in [5, 5.41) is 11.5. The molecule has 0 amide bonds. The van der Waals surface area contributed by atoms with Crippen molar-refractivity contribution < 1.29 is 9.52 Å². The van der Waals surface area contributed by atoms with E-state index in [1.54, 1.807) is 0 Å². The summed E-state index contributed by atoms with van der Waals surface area (Å²) < 4.78 is 5.31. The summed E-state index contributed by atoms with van der Waals surface area (Å²) >= 11 is 0. The van der Waals surface area contributed by atoms with Gasteiger partial charge in [-0.1, -0.05) is 13.3 Å². The first-order valence-corrected chi connectivity index (χ1v) is 8.51. The van der Waals surface area contributed by atoms with Crippen molar-refractivity contribution in [3.63, 3.8) is 0 Å². The number of hydrogen-bond donors (Lipinski definition) is 1. The Morgan fingerprint density at radius 3 is 2.83 bits per heavy atom. The number of piperidine rings is 1. The molecule has 1 saturated heterocycles. The van der Waals surface area contributed by atoms with Gasteiger partial charge in [-0.2, -0.15) is 0 Å². The van der Waals surface area contributed by atoms with Crippen molar-refractivity contribution in [2.75, 3.05) is 6.54 Å². The van der Waals surface area contributed by atoms with Gasteiger partial charge in [-0.3, -0.25) is 4.90 Å². The van der Waals surface area contributed by atoms with Crippen LogP contribution in [0.15, 0.2) is 21.3 Å². The van der Waals surface area contributed by atoms with Gasteiger partial charge < -0.3 is 9.52 Å². The Morgan fingerprint density at radius 2 is 2.09 bits per heavy atom. The van der Waals surface area contributed by atoms with Crippen LogP contribution in [-0.2, 0) is 6.54 Å². The van der Waals surface area contributed by atoms with Crippen LogP contribution in [-0.4, -0.2) is 22.6 Å². The molecule has 1 atom stereocenters. The molecule has 0 unspecified atom stereocenters. The highest BCUT2D eigenvalue weighted by Gasteiger charge is 2.23. The summed E-state index contributed by atoms with van der Waals surface area (Å²) in [6.07, 6.45) is 4.89. The lowest BCUT2D eigenvalue weighted by Gasteiger charge is -2.35. The molecule has 4 heteroatoms. The zero-order valence-electron chi connectivity index (χ0n) is 14.2. The van der Waals surface area contributed by atoms with E-state index in [9.17, 15) is 9.90 Å². The van der Waals surface area contributed by atoms with Crippen molar-refractivity contribution in [3.05, 3.63) is 39.2 Å². The van der Waals surface area contributed by atoms with Gasteiger partial charge in [0.1, 0.15) is 11.3 Å². The normalized spacial score (nSPS) is 19.3. The van der Waals surface area contributed by atoms with E-state index < -0.39 is 0 Å². The maximum atomic E-state index is 11.6. The number of phenols is 1. The number of hydrogen-bond acceptors (Lipinski definition) is 4. The molecule has 2 aromatic rings. The summed E-state index contributed by atoms with van der Waals surface area (Å²) in [6, 6.07) is 4.09. The first kappa shape index (κ1) is 16.1. The Hall–Kier alpha value is -1.81. The molecule has 23 heavy (non-hydrogen) atoms. The predicted molar refractivity (Wildman–Crippen MR) is 92.0 cm³/mol. The van der Waals surface area contributed by atoms with Gasteiger partial charge in [0.15, 0.2) is 0 Å². The highest BCUT2D eigenvalue weighted by Crippen LogP contribution is 2.33. The number of nitrogens with zero attached hydrogens (tertiary/aromatic N) is 1. The molecule has 1 aliphatic heterocycles. The SMILES string of the molecule is CC[C@@H]1CCCCN1Cc1cc2c(C)cc(=O)oc2c(C)c1O. The van der Waals surface area contributed by atoms with Crippen LogP contribution in [0, 0.1) is 13.8 Å². The molecule has 0 bridgehead atoms. The molecule has 0 radical (unpaired) electrons. The summed E-state index contributed by atoms with van der Waals surface area (Å²) in [5.41, 5.74) is 2.61. The van der Waals surface area contributed by atoms with E-state index in [1.165, 1.54) is 25.3 Å². The second-order valence-corrected chi connectivity index (χ2v) is 6.66. The van der Waals surface area contributed by atoms with Crippen LogP contribution >= 0.6 is 0 Å². The van der Waals surface area contributed by atoms with Crippen LogP contribution < -0.4 is 5.63 Å². The van der Waals surface area contributed by atoms with Crippen molar-refractivity contribution in [2.24, 2.45) is 0 Å². The Balaban J connectivity index is 2.04. The van der Waals surface area contributed by atoms with Crippen LogP contribution in [0.25, 0.3) is 11.0 Å². The number of fused-ring (bicyclic) bond motifs is 1. The third-order valence-corrected chi connectivity index (χ3v) is 5.12. The van der Waals surface area contributed by atoms with E-state index in [1.807, 2.05) is 19.9 Å². The van der Waals surface area contributed by atoms with Crippen LogP contribution in [0.5, 0.6) is 5.75 Å². The van der Waals surface area contributed by atoms with Gasteiger partial charge in [0.25, 0.3) is 0 Å². The Morgan fingerprint density at radius 1 is 1.30 bits per heavy atom.